The number of benzene rings is 2. The molecule has 2 aromatic carbocycles. The first-order valence-electron chi connectivity index (χ1n) is 7.84. The summed E-state index contributed by atoms with van der Waals surface area (Å²) >= 11 is 6.21. The molecule has 0 unspecified atom stereocenters. The number of anilines is 1. The first-order chi connectivity index (χ1) is 11.0. The quantitative estimate of drug-likeness (QED) is 0.584. The Balaban J connectivity index is 2.14. The lowest BCUT2D eigenvalue weighted by Crippen LogP contribution is -2.14. The number of nitrogens with zero attached hydrogens (tertiary/aromatic N) is 2. The van der Waals surface area contributed by atoms with Gasteiger partial charge >= 0.3 is 0 Å². The van der Waals surface area contributed by atoms with Gasteiger partial charge in [0.25, 0.3) is 0 Å². The van der Waals surface area contributed by atoms with Crippen molar-refractivity contribution < 1.29 is 0 Å². The van der Waals surface area contributed by atoms with Crippen molar-refractivity contribution >= 4 is 29.3 Å². The fraction of sp³-hybridized carbons (Fsp3) is 0.316. The van der Waals surface area contributed by atoms with Gasteiger partial charge in [0, 0.05) is 30.8 Å². The third-order valence-corrected chi connectivity index (χ3v) is 4.23. The molecule has 0 aliphatic heterocycles. The normalized spacial score (nSPS) is 11.0. The summed E-state index contributed by atoms with van der Waals surface area (Å²) in [5.41, 5.74) is 5.54. The number of hydrogen-bond acceptors (Lipinski definition) is 2. The Bertz CT molecular complexity index is 695. The predicted molar refractivity (Wildman–Crippen MR) is 101 cm³/mol. The van der Waals surface area contributed by atoms with E-state index in [0.717, 1.165) is 34.1 Å². The lowest BCUT2D eigenvalue weighted by atomic mass is 10.1. The SMILES string of the molecule is CCN(C)/C=N\c1cc(C)c(NCc2ccccc2Cl)cc1C. The summed E-state index contributed by atoms with van der Waals surface area (Å²) in [6.07, 6.45) is 1.87. The Morgan fingerprint density at radius 3 is 2.61 bits per heavy atom. The average molecular weight is 330 g/mol. The van der Waals surface area contributed by atoms with Crippen LogP contribution in [0.15, 0.2) is 41.4 Å². The molecule has 0 aromatic heterocycles. The minimum absolute atomic E-state index is 0.709. The molecule has 122 valence electrons. The molecule has 0 atom stereocenters. The maximum absolute atomic E-state index is 6.21. The molecule has 0 aliphatic carbocycles. The van der Waals surface area contributed by atoms with E-state index in [2.05, 4.69) is 48.1 Å². The maximum atomic E-state index is 6.21. The largest absolute Gasteiger partial charge is 0.381 e. The van der Waals surface area contributed by atoms with E-state index in [1.54, 1.807) is 0 Å². The fourth-order valence-corrected chi connectivity index (χ4v) is 2.41. The maximum Gasteiger partial charge on any atom is 0.0909 e. The summed E-state index contributed by atoms with van der Waals surface area (Å²) < 4.78 is 0. The number of aryl methyl sites for hydroxylation is 2. The van der Waals surface area contributed by atoms with E-state index in [0.29, 0.717) is 6.54 Å². The highest BCUT2D eigenvalue weighted by molar-refractivity contribution is 6.31. The molecular formula is C19H24ClN3. The van der Waals surface area contributed by atoms with Gasteiger partial charge in [-0.3, -0.25) is 0 Å². The van der Waals surface area contributed by atoms with E-state index in [1.165, 1.54) is 5.56 Å². The molecule has 0 bridgehead atoms. The van der Waals surface area contributed by atoms with E-state index in [4.69, 9.17) is 11.6 Å². The van der Waals surface area contributed by atoms with E-state index in [-0.39, 0.29) is 0 Å². The van der Waals surface area contributed by atoms with E-state index < -0.39 is 0 Å². The van der Waals surface area contributed by atoms with Crippen LogP contribution in [-0.2, 0) is 6.54 Å². The van der Waals surface area contributed by atoms with Crippen LogP contribution < -0.4 is 5.32 Å². The number of aliphatic imine (C=N–C) groups is 1. The highest BCUT2D eigenvalue weighted by Gasteiger charge is 2.05. The van der Waals surface area contributed by atoms with Crippen molar-refractivity contribution in [3.63, 3.8) is 0 Å². The van der Waals surface area contributed by atoms with Gasteiger partial charge in [0.1, 0.15) is 0 Å². The van der Waals surface area contributed by atoms with Crippen LogP contribution in [0.25, 0.3) is 0 Å². The molecule has 3 nitrogen and oxygen atoms in total. The van der Waals surface area contributed by atoms with Gasteiger partial charge in [-0.15, -0.1) is 0 Å². The standard InChI is InChI=1S/C19H24ClN3/c1-5-23(4)13-22-19-11-14(2)18(10-15(19)3)21-12-16-8-6-7-9-17(16)20/h6-11,13,21H,5,12H2,1-4H3/b22-13-. The number of nitrogens with one attached hydrogen (secondary N) is 1. The minimum Gasteiger partial charge on any atom is -0.381 e. The van der Waals surface area contributed by atoms with Crippen molar-refractivity contribution in [2.45, 2.75) is 27.3 Å². The van der Waals surface area contributed by atoms with Gasteiger partial charge in [-0.1, -0.05) is 29.8 Å². The highest BCUT2D eigenvalue weighted by atomic mass is 35.5. The second kappa shape index (κ2) is 8.02. The van der Waals surface area contributed by atoms with Gasteiger partial charge in [-0.05, 0) is 55.7 Å². The van der Waals surface area contributed by atoms with Crippen molar-refractivity contribution in [3.8, 4) is 0 Å². The highest BCUT2D eigenvalue weighted by Crippen LogP contribution is 2.27. The van der Waals surface area contributed by atoms with Crippen molar-refractivity contribution in [1.82, 2.24) is 4.90 Å². The Labute approximate surface area is 144 Å². The van der Waals surface area contributed by atoms with Crippen molar-refractivity contribution in [2.75, 3.05) is 18.9 Å². The molecule has 23 heavy (non-hydrogen) atoms. The average Bonchev–Trinajstić information content (AvgIpc) is 2.54. The molecule has 0 amide bonds. The van der Waals surface area contributed by atoms with Gasteiger partial charge in [0.05, 0.1) is 12.0 Å². The zero-order valence-corrected chi connectivity index (χ0v) is 15.0. The molecule has 0 fully saturated rings. The van der Waals surface area contributed by atoms with Gasteiger partial charge in [-0.2, -0.15) is 0 Å². The van der Waals surface area contributed by atoms with Crippen LogP contribution in [0.5, 0.6) is 0 Å². The Kier molecular flexibility index (Phi) is 6.05. The van der Waals surface area contributed by atoms with Crippen LogP contribution in [0.2, 0.25) is 5.02 Å². The van der Waals surface area contributed by atoms with Crippen molar-refractivity contribution in [1.29, 1.82) is 0 Å². The number of halogens is 1. The van der Waals surface area contributed by atoms with Gasteiger partial charge in [-0.25, -0.2) is 4.99 Å². The number of rotatable bonds is 6. The van der Waals surface area contributed by atoms with Gasteiger partial charge < -0.3 is 10.2 Å². The zero-order valence-electron chi connectivity index (χ0n) is 14.2. The first kappa shape index (κ1) is 17.4. The molecule has 4 heteroatoms. The Hall–Kier alpha value is -2.00. The third-order valence-electron chi connectivity index (χ3n) is 3.86. The summed E-state index contributed by atoms with van der Waals surface area (Å²) in [5.74, 6) is 0. The summed E-state index contributed by atoms with van der Waals surface area (Å²) in [4.78, 5) is 6.62. The van der Waals surface area contributed by atoms with Crippen molar-refractivity contribution in [2.24, 2.45) is 4.99 Å². The van der Waals surface area contributed by atoms with E-state index in [1.807, 2.05) is 37.7 Å². The summed E-state index contributed by atoms with van der Waals surface area (Å²) in [7, 11) is 2.02. The molecule has 2 rings (SSSR count). The van der Waals surface area contributed by atoms with Crippen LogP contribution in [0.1, 0.15) is 23.6 Å². The molecular weight excluding hydrogens is 306 g/mol. The topological polar surface area (TPSA) is 27.6 Å². The van der Waals surface area contributed by atoms with E-state index in [9.17, 15) is 0 Å². The first-order valence-corrected chi connectivity index (χ1v) is 8.22. The minimum atomic E-state index is 0.709. The second-order valence-corrected chi connectivity index (χ2v) is 6.12. The second-order valence-electron chi connectivity index (χ2n) is 5.72. The lowest BCUT2D eigenvalue weighted by molar-refractivity contribution is 0.552. The van der Waals surface area contributed by atoms with Crippen LogP contribution in [0.4, 0.5) is 11.4 Å². The summed E-state index contributed by atoms with van der Waals surface area (Å²) in [6.45, 7) is 7.93. The number of hydrogen-bond donors (Lipinski definition) is 1. The zero-order chi connectivity index (χ0) is 16.8. The van der Waals surface area contributed by atoms with Crippen LogP contribution >= 0.6 is 11.6 Å². The molecule has 0 saturated heterocycles. The third kappa shape index (κ3) is 4.73. The summed E-state index contributed by atoms with van der Waals surface area (Å²) in [6, 6.07) is 12.2. The molecule has 2 aromatic rings. The van der Waals surface area contributed by atoms with Crippen LogP contribution in [0, 0.1) is 13.8 Å². The van der Waals surface area contributed by atoms with Gasteiger partial charge in [0.15, 0.2) is 0 Å². The molecule has 0 spiro atoms. The smallest absolute Gasteiger partial charge is 0.0909 e. The summed E-state index contributed by atoms with van der Waals surface area (Å²) in [5, 5.41) is 4.26. The Morgan fingerprint density at radius 1 is 1.17 bits per heavy atom. The van der Waals surface area contributed by atoms with Crippen molar-refractivity contribution in [3.05, 3.63) is 58.1 Å². The lowest BCUT2D eigenvalue weighted by Gasteiger charge is -2.14. The molecule has 0 heterocycles. The molecule has 0 aliphatic rings. The van der Waals surface area contributed by atoms with Crippen LogP contribution in [-0.4, -0.2) is 24.8 Å². The molecule has 0 saturated carbocycles. The molecule has 0 radical (unpaired) electrons. The van der Waals surface area contributed by atoms with Crippen LogP contribution in [0.3, 0.4) is 0 Å². The van der Waals surface area contributed by atoms with Gasteiger partial charge in [0.2, 0.25) is 0 Å². The monoisotopic (exact) mass is 329 g/mol. The fourth-order valence-electron chi connectivity index (χ4n) is 2.21. The predicted octanol–water partition coefficient (Wildman–Crippen LogP) is 5.18. The van der Waals surface area contributed by atoms with E-state index >= 15 is 0 Å². The Morgan fingerprint density at radius 2 is 1.91 bits per heavy atom. The molecule has 1 N–H and O–H groups in total.